The van der Waals surface area contributed by atoms with E-state index in [0.717, 1.165) is 66.6 Å². The second-order valence-electron chi connectivity index (χ2n) is 9.61. The van der Waals surface area contributed by atoms with Crippen LogP contribution in [0.2, 0.25) is 0 Å². The number of hydrogen-bond donors (Lipinski definition) is 1. The summed E-state index contributed by atoms with van der Waals surface area (Å²) in [6, 6.07) is 12.3. The van der Waals surface area contributed by atoms with Crippen LogP contribution in [0.3, 0.4) is 0 Å². The van der Waals surface area contributed by atoms with Crippen LogP contribution in [0.4, 0.5) is 0 Å². The molecule has 8 heteroatoms. The third kappa shape index (κ3) is 4.33. The summed E-state index contributed by atoms with van der Waals surface area (Å²) in [7, 11) is 0. The van der Waals surface area contributed by atoms with Gasteiger partial charge in [-0.2, -0.15) is 5.21 Å². The van der Waals surface area contributed by atoms with Crippen molar-refractivity contribution >= 4 is 0 Å². The zero-order valence-corrected chi connectivity index (χ0v) is 20.7. The molecule has 8 nitrogen and oxygen atoms in total. The van der Waals surface area contributed by atoms with Gasteiger partial charge < -0.3 is 0 Å². The number of hydrogen-bond acceptors (Lipinski definition) is 5. The van der Waals surface area contributed by atoms with E-state index in [9.17, 15) is 4.79 Å². The molecule has 1 unspecified atom stereocenters. The van der Waals surface area contributed by atoms with E-state index in [-0.39, 0.29) is 11.1 Å². The third-order valence-electron chi connectivity index (χ3n) is 7.73. The minimum absolute atomic E-state index is 0.0956. The molecule has 1 fully saturated rings. The van der Waals surface area contributed by atoms with Crippen molar-refractivity contribution in [3.63, 3.8) is 0 Å². The monoisotopic (exact) mass is 471 g/mol. The van der Waals surface area contributed by atoms with Crippen LogP contribution in [-0.4, -0.2) is 34.7 Å². The van der Waals surface area contributed by atoms with Crippen LogP contribution in [0.5, 0.6) is 0 Å². The molecule has 0 saturated heterocycles. The molecule has 3 aromatic heterocycles. The first kappa shape index (κ1) is 23.2. The van der Waals surface area contributed by atoms with Crippen molar-refractivity contribution in [2.45, 2.75) is 71.9 Å². The van der Waals surface area contributed by atoms with Crippen molar-refractivity contribution in [1.82, 2.24) is 34.7 Å². The Balaban J connectivity index is 1.43. The molecule has 1 saturated carbocycles. The van der Waals surface area contributed by atoms with Gasteiger partial charge in [0, 0.05) is 35.3 Å². The Morgan fingerprint density at radius 2 is 1.89 bits per heavy atom. The number of aryl methyl sites for hydroxylation is 1. The first-order chi connectivity index (χ1) is 17.1. The fourth-order valence-corrected chi connectivity index (χ4v) is 5.27. The Morgan fingerprint density at radius 1 is 1.09 bits per heavy atom. The van der Waals surface area contributed by atoms with E-state index in [0.29, 0.717) is 18.4 Å². The number of benzene rings is 1. The van der Waals surface area contributed by atoms with Gasteiger partial charge >= 0.3 is 5.69 Å². The fourth-order valence-electron chi connectivity index (χ4n) is 5.27. The number of H-pyrrole nitrogens is 1. The number of nitrogens with one attached hydrogen (secondary N) is 1. The summed E-state index contributed by atoms with van der Waals surface area (Å²) in [6.07, 6.45) is 10.4. The maximum atomic E-state index is 13.5. The van der Waals surface area contributed by atoms with Gasteiger partial charge in [-0.05, 0) is 54.4 Å². The van der Waals surface area contributed by atoms with Crippen molar-refractivity contribution in [3.05, 3.63) is 70.7 Å². The highest BCUT2D eigenvalue weighted by atomic mass is 16.1. The lowest BCUT2D eigenvalue weighted by molar-refractivity contribution is 0.410. The Bertz CT molecular complexity index is 1330. The van der Waals surface area contributed by atoms with E-state index in [2.05, 4.69) is 53.7 Å². The van der Waals surface area contributed by atoms with Crippen molar-refractivity contribution in [2.24, 2.45) is 5.41 Å². The standard InChI is InChI=1S/C27H33N7O/c1-4-7-10-21-18-34(24-15-27(24,5-2)6-3)26(35)33(21)17-20-14-13-19(16-28-20)22-11-8-9-12-23(22)25-29-31-32-30-25/h8-9,11-14,16,18,24H,4-7,10,15,17H2,1-3H3,(H,29,30,31,32). The topological polar surface area (TPSA) is 94.3 Å². The van der Waals surface area contributed by atoms with E-state index in [4.69, 9.17) is 4.98 Å². The summed E-state index contributed by atoms with van der Waals surface area (Å²) >= 11 is 0. The summed E-state index contributed by atoms with van der Waals surface area (Å²) < 4.78 is 3.94. The van der Waals surface area contributed by atoms with Gasteiger partial charge in [0.05, 0.1) is 12.2 Å². The molecule has 5 rings (SSSR count). The quantitative estimate of drug-likeness (QED) is 0.350. The molecule has 4 aromatic rings. The van der Waals surface area contributed by atoms with Gasteiger partial charge in [0.15, 0.2) is 0 Å². The molecule has 0 radical (unpaired) electrons. The Hall–Kier alpha value is -3.55. The Kier molecular flexibility index (Phi) is 6.36. The molecular formula is C27H33N7O. The highest BCUT2D eigenvalue weighted by Crippen LogP contribution is 2.60. The second-order valence-corrected chi connectivity index (χ2v) is 9.61. The minimum Gasteiger partial charge on any atom is -0.295 e. The first-order valence-electron chi connectivity index (χ1n) is 12.7. The number of unbranched alkanes of at least 4 members (excludes halogenated alkanes) is 1. The van der Waals surface area contributed by atoms with E-state index in [1.54, 1.807) is 0 Å². The summed E-state index contributed by atoms with van der Waals surface area (Å²) in [6.45, 7) is 7.15. The van der Waals surface area contributed by atoms with Gasteiger partial charge in [-0.25, -0.2) is 4.79 Å². The smallest absolute Gasteiger partial charge is 0.295 e. The van der Waals surface area contributed by atoms with Crippen LogP contribution in [0.1, 0.15) is 70.3 Å². The summed E-state index contributed by atoms with van der Waals surface area (Å²) in [4.78, 5) is 18.2. The number of pyridine rings is 1. The molecule has 1 atom stereocenters. The summed E-state index contributed by atoms with van der Waals surface area (Å²) in [5.74, 6) is 0.549. The molecular weight excluding hydrogens is 438 g/mol. The van der Waals surface area contributed by atoms with Gasteiger partial charge in [-0.15, -0.1) is 10.2 Å². The highest BCUT2D eigenvalue weighted by molar-refractivity contribution is 5.79. The lowest BCUT2D eigenvalue weighted by Gasteiger charge is -2.11. The number of aromatic amines is 1. The molecule has 0 spiro atoms. The van der Waals surface area contributed by atoms with E-state index < -0.39 is 0 Å². The first-order valence-corrected chi connectivity index (χ1v) is 12.7. The molecule has 35 heavy (non-hydrogen) atoms. The molecule has 1 aliphatic rings. The van der Waals surface area contributed by atoms with Gasteiger partial charge in [-0.3, -0.25) is 14.1 Å². The van der Waals surface area contributed by atoms with Crippen molar-refractivity contribution in [3.8, 4) is 22.5 Å². The van der Waals surface area contributed by atoms with Crippen molar-refractivity contribution in [1.29, 1.82) is 0 Å². The lowest BCUT2D eigenvalue weighted by atomic mass is 9.99. The average Bonchev–Trinajstić information content (AvgIpc) is 3.20. The molecule has 1 aliphatic carbocycles. The lowest BCUT2D eigenvalue weighted by Crippen LogP contribution is -2.26. The number of imidazole rings is 1. The SMILES string of the molecule is CCCCc1cn(C2CC2(CC)CC)c(=O)n1Cc1ccc(-c2ccccc2-c2nn[nH]n2)cn1. The third-order valence-corrected chi connectivity index (χ3v) is 7.73. The molecule has 3 heterocycles. The maximum absolute atomic E-state index is 13.5. The zero-order valence-electron chi connectivity index (χ0n) is 20.7. The second kappa shape index (κ2) is 9.60. The Labute approximate surface area is 205 Å². The maximum Gasteiger partial charge on any atom is 0.328 e. The predicted molar refractivity (Wildman–Crippen MR) is 136 cm³/mol. The van der Waals surface area contributed by atoms with E-state index in [1.807, 2.05) is 45.7 Å². The number of aromatic nitrogens is 7. The van der Waals surface area contributed by atoms with Crippen LogP contribution in [0.25, 0.3) is 22.5 Å². The highest BCUT2D eigenvalue weighted by Gasteiger charge is 2.53. The van der Waals surface area contributed by atoms with Gasteiger partial charge in [0.1, 0.15) is 0 Å². The molecule has 1 aromatic carbocycles. The van der Waals surface area contributed by atoms with Gasteiger partial charge in [0.25, 0.3) is 0 Å². The molecule has 182 valence electrons. The zero-order chi connectivity index (χ0) is 24.4. The van der Waals surface area contributed by atoms with Crippen LogP contribution in [0.15, 0.2) is 53.6 Å². The average molecular weight is 472 g/mol. The normalized spacial score (nSPS) is 16.5. The van der Waals surface area contributed by atoms with Crippen LogP contribution >= 0.6 is 0 Å². The van der Waals surface area contributed by atoms with Crippen LogP contribution in [-0.2, 0) is 13.0 Å². The largest absolute Gasteiger partial charge is 0.328 e. The molecule has 0 bridgehead atoms. The number of tetrazole rings is 1. The van der Waals surface area contributed by atoms with Crippen molar-refractivity contribution in [2.75, 3.05) is 0 Å². The predicted octanol–water partition coefficient (Wildman–Crippen LogP) is 5.03. The number of rotatable bonds is 10. The molecule has 0 amide bonds. The minimum atomic E-state index is 0.0956. The van der Waals surface area contributed by atoms with Crippen molar-refractivity contribution < 1.29 is 0 Å². The Morgan fingerprint density at radius 3 is 2.51 bits per heavy atom. The van der Waals surface area contributed by atoms with Gasteiger partial charge in [-0.1, -0.05) is 57.5 Å². The van der Waals surface area contributed by atoms with E-state index >= 15 is 0 Å². The summed E-state index contributed by atoms with van der Waals surface area (Å²) in [5.41, 5.74) is 5.21. The molecule has 0 aliphatic heterocycles. The van der Waals surface area contributed by atoms with E-state index in [1.165, 1.54) is 0 Å². The van der Waals surface area contributed by atoms with Crippen LogP contribution < -0.4 is 5.69 Å². The summed E-state index contributed by atoms with van der Waals surface area (Å²) in [5, 5.41) is 14.5. The molecule has 1 N–H and O–H groups in total. The van der Waals surface area contributed by atoms with Crippen LogP contribution in [0, 0.1) is 5.41 Å². The van der Waals surface area contributed by atoms with Gasteiger partial charge in [0.2, 0.25) is 5.82 Å². The fraction of sp³-hybridized carbons (Fsp3) is 0.444. The number of nitrogens with zero attached hydrogens (tertiary/aromatic N) is 6.